The standard InChI is InChI=1S/C13H25NO3S/c1-4-18(16,17)10-11(2)14(3)13(15)12-8-6-5-7-9-12/h11-12H,4-10H2,1-3H3/t11-/m1/s1. The zero-order valence-electron chi connectivity index (χ0n) is 11.7. The second-order valence-corrected chi connectivity index (χ2v) is 7.73. The Morgan fingerprint density at radius 2 is 1.83 bits per heavy atom. The molecule has 1 atom stereocenters. The number of amides is 1. The lowest BCUT2D eigenvalue weighted by atomic mass is 9.88. The summed E-state index contributed by atoms with van der Waals surface area (Å²) < 4.78 is 23.2. The van der Waals surface area contributed by atoms with Crippen molar-refractivity contribution in [1.29, 1.82) is 0 Å². The van der Waals surface area contributed by atoms with Crippen molar-refractivity contribution in [3.63, 3.8) is 0 Å². The molecule has 0 aliphatic heterocycles. The van der Waals surface area contributed by atoms with E-state index in [1.54, 1.807) is 18.9 Å². The van der Waals surface area contributed by atoms with E-state index in [9.17, 15) is 13.2 Å². The highest BCUT2D eigenvalue weighted by Crippen LogP contribution is 2.25. The molecule has 1 aliphatic carbocycles. The summed E-state index contributed by atoms with van der Waals surface area (Å²) in [5.74, 6) is 0.436. The molecule has 106 valence electrons. The lowest BCUT2D eigenvalue weighted by molar-refractivity contribution is -0.136. The number of sulfone groups is 1. The summed E-state index contributed by atoms with van der Waals surface area (Å²) in [4.78, 5) is 13.9. The van der Waals surface area contributed by atoms with Crippen molar-refractivity contribution in [2.75, 3.05) is 18.6 Å². The second-order valence-electron chi connectivity index (χ2n) is 5.33. The predicted molar refractivity (Wildman–Crippen MR) is 73.1 cm³/mol. The SMILES string of the molecule is CCS(=O)(=O)C[C@@H](C)N(C)C(=O)C1CCCCC1. The van der Waals surface area contributed by atoms with Gasteiger partial charge < -0.3 is 4.90 Å². The van der Waals surface area contributed by atoms with Crippen LogP contribution in [-0.2, 0) is 14.6 Å². The average molecular weight is 275 g/mol. The van der Waals surface area contributed by atoms with Crippen LogP contribution in [0.25, 0.3) is 0 Å². The maximum atomic E-state index is 12.2. The van der Waals surface area contributed by atoms with E-state index in [-0.39, 0.29) is 29.4 Å². The molecule has 5 heteroatoms. The second kappa shape index (κ2) is 6.55. The molecule has 0 radical (unpaired) electrons. The third kappa shape index (κ3) is 4.26. The largest absolute Gasteiger partial charge is 0.342 e. The minimum Gasteiger partial charge on any atom is -0.342 e. The fourth-order valence-corrected chi connectivity index (χ4v) is 3.65. The highest BCUT2D eigenvalue weighted by molar-refractivity contribution is 7.91. The minimum absolute atomic E-state index is 0.0679. The van der Waals surface area contributed by atoms with Gasteiger partial charge >= 0.3 is 0 Å². The van der Waals surface area contributed by atoms with Crippen LogP contribution in [0, 0.1) is 5.92 Å². The summed E-state index contributed by atoms with van der Waals surface area (Å²) in [5.41, 5.74) is 0. The van der Waals surface area contributed by atoms with E-state index in [0.29, 0.717) is 0 Å². The fraction of sp³-hybridized carbons (Fsp3) is 0.923. The lowest BCUT2D eigenvalue weighted by Gasteiger charge is -2.30. The first-order valence-electron chi connectivity index (χ1n) is 6.84. The van der Waals surface area contributed by atoms with Gasteiger partial charge in [-0.1, -0.05) is 26.2 Å². The molecule has 1 aliphatic rings. The molecule has 0 saturated heterocycles. The molecule has 0 aromatic heterocycles. The van der Waals surface area contributed by atoms with E-state index in [1.165, 1.54) is 6.42 Å². The molecule has 1 rings (SSSR count). The molecule has 0 bridgehead atoms. The van der Waals surface area contributed by atoms with E-state index in [2.05, 4.69) is 0 Å². The van der Waals surface area contributed by atoms with Gasteiger partial charge in [-0.25, -0.2) is 8.42 Å². The summed E-state index contributed by atoms with van der Waals surface area (Å²) >= 11 is 0. The Kier molecular flexibility index (Phi) is 5.63. The zero-order chi connectivity index (χ0) is 13.8. The molecule has 1 saturated carbocycles. The van der Waals surface area contributed by atoms with Gasteiger partial charge in [0.15, 0.2) is 9.84 Å². The van der Waals surface area contributed by atoms with Gasteiger partial charge in [0.1, 0.15) is 0 Å². The van der Waals surface area contributed by atoms with Crippen LogP contribution in [-0.4, -0.2) is 43.8 Å². The molecule has 0 aromatic carbocycles. The number of hydrogen-bond donors (Lipinski definition) is 0. The highest BCUT2D eigenvalue weighted by Gasteiger charge is 2.28. The van der Waals surface area contributed by atoms with Crippen molar-refractivity contribution < 1.29 is 13.2 Å². The average Bonchev–Trinajstić information content (AvgIpc) is 2.37. The third-order valence-electron chi connectivity index (χ3n) is 3.90. The third-order valence-corrected chi connectivity index (χ3v) is 5.77. The monoisotopic (exact) mass is 275 g/mol. The van der Waals surface area contributed by atoms with Crippen LogP contribution in [0.1, 0.15) is 46.0 Å². The van der Waals surface area contributed by atoms with Crippen molar-refractivity contribution >= 4 is 15.7 Å². The van der Waals surface area contributed by atoms with Crippen LogP contribution >= 0.6 is 0 Å². The zero-order valence-corrected chi connectivity index (χ0v) is 12.5. The van der Waals surface area contributed by atoms with Gasteiger partial charge in [0.05, 0.1) is 5.75 Å². The molecule has 0 spiro atoms. The van der Waals surface area contributed by atoms with E-state index < -0.39 is 9.84 Å². The van der Waals surface area contributed by atoms with E-state index in [4.69, 9.17) is 0 Å². The Morgan fingerprint density at radius 1 is 1.28 bits per heavy atom. The van der Waals surface area contributed by atoms with Crippen molar-refractivity contribution in [3.8, 4) is 0 Å². The first kappa shape index (κ1) is 15.5. The topological polar surface area (TPSA) is 54.5 Å². The van der Waals surface area contributed by atoms with Gasteiger partial charge in [-0.05, 0) is 19.8 Å². The lowest BCUT2D eigenvalue weighted by Crippen LogP contribution is -2.43. The van der Waals surface area contributed by atoms with E-state index in [1.807, 2.05) is 6.92 Å². The predicted octanol–water partition coefficient (Wildman–Crippen LogP) is 1.85. The molecule has 1 amide bonds. The summed E-state index contributed by atoms with van der Waals surface area (Å²) in [7, 11) is -1.29. The molecule has 1 fully saturated rings. The van der Waals surface area contributed by atoms with Gasteiger partial charge in [-0.3, -0.25) is 4.79 Å². The Balaban J connectivity index is 2.57. The van der Waals surface area contributed by atoms with Crippen LogP contribution in [0.15, 0.2) is 0 Å². The molecular formula is C13H25NO3S. The van der Waals surface area contributed by atoms with Gasteiger partial charge in [0.2, 0.25) is 5.91 Å². The van der Waals surface area contributed by atoms with Crippen LogP contribution in [0.4, 0.5) is 0 Å². The fourth-order valence-electron chi connectivity index (χ4n) is 2.45. The Hall–Kier alpha value is -0.580. The smallest absolute Gasteiger partial charge is 0.225 e. The van der Waals surface area contributed by atoms with Gasteiger partial charge in [0, 0.05) is 24.8 Å². The number of carbonyl (C=O) groups is 1. The van der Waals surface area contributed by atoms with E-state index in [0.717, 1.165) is 25.7 Å². The first-order valence-corrected chi connectivity index (χ1v) is 8.66. The van der Waals surface area contributed by atoms with Crippen molar-refractivity contribution in [2.24, 2.45) is 5.92 Å². The maximum absolute atomic E-state index is 12.2. The molecular weight excluding hydrogens is 250 g/mol. The molecule has 0 heterocycles. The number of rotatable bonds is 5. The first-order chi connectivity index (χ1) is 8.37. The Bertz CT molecular complexity index is 372. The molecule has 18 heavy (non-hydrogen) atoms. The summed E-state index contributed by atoms with van der Waals surface area (Å²) in [6, 6.07) is -0.232. The summed E-state index contributed by atoms with van der Waals surface area (Å²) in [5, 5.41) is 0. The molecule has 4 nitrogen and oxygen atoms in total. The van der Waals surface area contributed by atoms with Crippen LogP contribution in [0.5, 0.6) is 0 Å². The van der Waals surface area contributed by atoms with E-state index >= 15 is 0 Å². The maximum Gasteiger partial charge on any atom is 0.225 e. The summed E-state index contributed by atoms with van der Waals surface area (Å²) in [6.07, 6.45) is 5.36. The molecule has 0 unspecified atom stereocenters. The Labute approximate surface area is 111 Å². The number of nitrogens with zero attached hydrogens (tertiary/aromatic N) is 1. The number of carbonyl (C=O) groups excluding carboxylic acids is 1. The van der Waals surface area contributed by atoms with Crippen molar-refractivity contribution in [3.05, 3.63) is 0 Å². The number of hydrogen-bond acceptors (Lipinski definition) is 3. The van der Waals surface area contributed by atoms with Gasteiger partial charge in [0.25, 0.3) is 0 Å². The minimum atomic E-state index is -3.02. The summed E-state index contributed by atoms with van der Waals surface area (Å²) in [6.45, 7) is 3.46. The van der Waals surface area contributed by atoms with Crippen LogP contribution < -0.4 is 0 Å². The highest BCUT2D eigenvalue weighted by atomic mass is 32.2. The molecule has 0 N–H and O–H groups in total. The van der Waals surface area contributed by atoms with Gasteiger partial charge in [-0.2, -0.15) is 0 Å². The quantitative estimate of drug-likeness (QED) is 0.769. The van der Waals surface area contributed by atoms with Crippen molar-refractivity contribution in [1.82, 2.24) is 4.90 Å². The molecule has 0 aromatic rings. The normalized spacial score (nSPS) is 19.5. The Morgan fingerprint density at radius 3 is 2.33 bits per heavy atom. The van der Waals surface area contributed by atoms with Crippen LogP contribution in [0.3, 0.4) is 0 Å². The van der Waals surface area contributed by atoms with Crippen molar-refractivity contribution in [2.45, 2.75) is 52.0 Å². The van der Waals surface area contributed by atoms with Crippen LogP contribution in [0.2, 0.25) is 0 Å². The van der Waals surface area contributed by atoms with Gasteiger partial charge in [-0.15, -0.1) is 0 Å².